The maximum atomic E-state index is 11.5. The van der Waals surface area contributed by atoms with Gasteiger partial charge in [-0.15, -0.1) is 5.10 Å². The fraction of sp³-hybridized carbons (Fsp3) is 0.364. The lowest BCUT2D eigenvalue weighted by Gasteiger charge is -2.10. The van der Waals surface area contributed by atoms with E-state index >= 15 is 0 Å². The Bertz CT molecular complexity index is 469. The van der Waals surface area contributed by atoms with Crippen LogP contribution >= 0.6 is 11.3 Å². The molecule has 1 unspecified atom stereocenters. The van der Waals surface area contributed by atoms with Gasteiger partial charge in [0.25, 0.3) is 0 Å². The molecule has 0 fully saturated rings. The molecule has 0 saturated carbocycles. The number of carbonyl (C=O) groups is 1. The first kappa shape index (κ1) is 12.7. The van der Waals surface area contributed by atoms with E-state index in [1.807, 2.05) is 16.8 Å². The van der Waals surface area contributed by atoms with Crippen molar-refractivity contribution in [1.82, 2.24) is 20.3 Å². The molecule has 0 aromatic carbocycles. The Morgan fingerprint density at radius 2 is 2.50 bits per heavy atom. The smallest absolute Gasteiger partial charge is 0.221 e. The number of aryl methyl sites for hydroxylation is 1. The van der Waals surface area contributed by atoms with Gasteiger partial charge in [0, 0.05) is 19.2 Å². The predicted octanol–water partition coefficient (Wildman–Crippen LogP) is 0.579. The van der Waals surface area contributed by atoms with Gasteiger partial charge in [0.15, 0.2) is 0 Å². The van der Waals surface area contributed by atoms with E-state index < -0.39 is 6.10 Å². The molecule has 0 aliphatic rings. The zero-order chi connectivity index (χ0) is 12.8. The Labute approximate surface area is 108 Å². The van der Waals surface area contributed by atoms with Crippen molar-refractivity contribution in [2.24, 2.45) is 0 Å². The average Bonchev–Trinajstić information content (AvgIpc) is 3.05. The molecule has 0 saturated heterocycles. The lowest BCUT2D eigenvalue weighted by molar-refractivity contribution is -0.121. The molecule has 18 heavy (non-hydrogen) atoms. The van der Waals surface area contributed by atoms with Crippen molar-refractivity contribution in [2.45, 2.75) is 19.1 Å². The van der Waals surface area contributed by atoms with Crippen LogP contribution in [0.5, 0.6) is 0 Å². The SMILES string of the molecule is O=C(CCn1ccnn1)NCC(O)c1ccsc1. The molecular weight excluding hydrogens is 252 g/mol. The topological polar surface area (TPSA) is 80.0 Å². The number of aliphatic hydroxyl groups is 1. The van der Waals surface area contributed by atoms with Crippen molar-refractivity contribution in [1.29, 1.82) is 0 Å². The Morgan fingerprint density at radius 3 is 3.17 bits per heavy atom. The van der Waals surface area contributed by atoms with Gasteiger partial charge in [-0.3, -0.25) is 9.48 Å². The minimum absolute atomic E-state index is 0.111. The van der Waals surface area contributed by atoms with Crippen LogP contribution in [0.4, 0.5) is 0 Å². The highest BCUT2D eigenvalue weighted by Gasteiger charge is 2.09. The second-order valence-corrected chi connectivity index (χ2v) is 4.57. The number of thiophene rings is 1. The van der Waals surface area contributed by atoms with Gasteiger partial charge in [0.05, 0.1) is 18.8 Å². The third kappa shape index (κ3) is 3.64. The van der Waals surface area contributed by atoms with Gasteiger partial charge in [-0.1, -0.05) is 5.21 Å². The number of hydrogen-bond acceptors (Lipinski definition) is 5. The monoisotopic (exact) mass is 266 g/mol. The summed E-state index contributed by atoms with van der Waals surface area (Å²) in [5, 5.41) is 23.6. The molecule has 6 nitrogen and oxygen atoms in total. The summed E-state index contributed by atoms with van der Waals surface area (Å²) in [4.78, 5) is 11.5. The summed E-state index contributed by atoms with van der Waals surface area (Å²) in [7, 11) is 0. The lowest BCUT2D eigenvalue weighted by atomic mass is 10.2. The first-order valence-electron chi connectivity index (χ1n) is 5.56. The summed E-state index contributed by atoms with van der Waals surface area (Å²) in [6.45, 7) is 0.716. The highest BCUT2D eigenvalue weighted by molar-refractivity contribution is 7.07. The minimum atomic E-state index is -0.647. The molecule has 96 valence electrons. The zero-order valence-corrected chi connectivity index (χ0v) is 10.5. The Morgan fingerprint density at radius 1 is 1.61 bits per heavy atom. The molecule has 0 aliphatic heterocycles. The molecule has 2 aromatic heterocycles. The van der Waals surface area contributed by atoms with Crippen LogP contribution in [0.2, 0.25) is 0 Å². The zero-order valence-electron chi connectivity index (χ0n) is 9.69. The quantitative estimate of drug-likeness (QED) is 0.801. The average molecular weight is 266 g/mol. The van der Waals surface area contributed by atoms with Crippen LogP contribution < -0.4 is 5.32 Å². The summed E-state index contributed by atoms with van der Waals surface area (Å²) in [5.74, 6) is -0.111. The van der Waals surface area contributed by atoms with Crippen LogP contribution in [0.15, 0.2) is 29.2 Å². The van der Waals surface area contributed by atoms with E-state index in [0.29, 0.717) is 13.0 Å². The van der Waals surface area contributed by atoms with Gasteiger partial charge in [-0.05, 0) is 22.4 Å². The van der Waals surface area contributed by atoms with E-state index in [4.69, 9.17) is 0 Å². The highest BCUT2D eigenvalue weighted by Crippen LogP contribution is 2.14. The second kappa shape index (κ2) is 6.27. The second-order valence-electron chi connectivity index (χ2n) is 3.79. The third-order valence-electron chi connectivity index (χ3n) is 2.46. The first-order chi connectivity index (χ1) is 8.75. The Kier molecular flexibility index (Phi) is 4.43. The summed E-state index contributed by atoms with van der Waals surface area (Å²) in [6, 6.07) is 1.84. The molecule has 2 N–H and O–H groups in total. The van der Waals surface area contributed by atoms with Crippen LogP contribution in [-0.2, 0) is 11.3 Å². The van der Waals surface area contributed by atoms with Crippen LogP contribution in [-0.4, -0.2) is 32.6 Å². The van der Waals surface area contributed by atoms with E-state index in [0.717, 1.165) is 5.56 Å². The van der Waals surface area contributed by atoms with Crippen LogP contribution in [0.1, 0.15) is 18.1 Å². The normalized spacial score (nSPS) is 12.3. The van der Waals surface area contributed by atoms with Gasteiger partial charge in [0.2, 0.25) is 5.91 Å². The van der Waals surface area contributed by atoms with Crippen molar-refractivity contribution in [3.05, 3.63) is 34.8 Å². The molecular formula is C11H14N4O2S. The number of aliphatic hydroxyl groups excluding tert-OH is 1. The third-order valence-corrected chi connectivity index (χ3v) is 3.16. The lowest BCUT2D eigenvalue weighted by Crippen LogP contribution is -2.29. The van der Waals surface area contributed by atoms with E-state index in [1.54, 1.807) is 17.1 Å². The van der Waals surface area contributed by atoms with E-state index in [-0.39, 0.29) is 12.5 Å². The number of nitrogens with zero attached hydrogens (tertiary/aromatic N) is 3. The van der Waals surface area contributed by atoms with Crippen LogP contribution in [0.3, 0.4) is 0 Å². The molecule has 2 heterocycles. The van der Waals surface area contributed by atoms with Crippen molar-refractivity contribution >= 4 is 17.2 Å². The molecule has 0 bridgehead atoms. The number of aromatic nitrogens is 3. The maximum Gasteiger partial charge on any atom is 0.221 e. The van der Waals surface area contributed by atoms with E-state index in [1.165, 1.54) is 11.3 Å². The molecule has 2 rings (SSSR count). The molecule has 0 aliphatic carbocycles. The van der Waals surface area contributed by atoms with Gasteiger partial charge >= 0.3 is 0 Å². The van der Waals surface area contributed by atoms with Crippen molar-refractivity contribution in [3.63, 3.8) is 0 Å². The molecule has 1 amide bonds. The summed E-state index contributed by atoms with van der Waals surface area (Å²) < 4.78 is 1.59. The van der Waals surface area contributed by atoms with Gasteiger partial charge in [0.1, 0.15) is 0 Å². The van der Waals surface area contributed by atoms with E-state index in [2.05, 4.69) is 15.6 Å². The van der Waals surface area contributed by atoms with Crippen molar-refractivity contribution in [3.8, 4) is 0 Å². The van der Waals surface area contributed by atoms with Crippen molar-refractivity contribution in [2.75, 3.05) is 6.54 Å². The Balaban J connectivity index is 1.68. The number of rotatable bonds is 6. The summed E-state index contributed by atoms with van der Waals surface area (Å²) in [6.07, 6.45) is 2.94. The first-order valence-corrected chi connectivity index (χ1v) is 6.51. The molecule has 0 radical (unpaired) electrons. The number of carbonyl (C=O) groups excluding carboxylic acids is 1. The predicted molar refractivity (Wildman–Crippen MR) is 66.9 cm³/mol. The summed E-state index contributed by atoms with van der Waals surface area (Å²) in [5.41, 5.74) is 0.830. The van der Waals surface area contributed by atoms with Gasteiger partial charge in [-0.25, -0.2) is 0 Å². The van der Waals surface area contributed by atoms with Crippen molar-refractivity contribution < 1.29 is 9.90 Å². The number of hydrogen-bond donors (Lipinski definition) is 2. The number of amides is 1. The van der Waals surface area contributed by atoms with Crippen LogP contribution in [0, 0.1) is 0 Å². The van der Waals surface area contributed by atoms with Crippen LogP contribution in [0.25, 0.3) is 0 Å². The molecule has 0 spiro atoms. The highest BCUT2D eigenvalue weighted by atomic mass is 32.1. The number of nitrogens with one attached hydrogen (secondary N) is 1. The molecule has 2 aromatic rings. The largest absolute Gasteiger partial charge is 0.387 e. The molecule has 7 heteroatoms. The fourth-order valence-electron chi connectivity index (χ4n) is 1.45. The standard InChI is InChI=1S/C11H14N4O2S/c16-10(9-2-6-18-8-9)7-12-11(17)1-4-15-5-3-13-14-15/h2-3,5-6,8,10,16H,1,4,7H2,(H,12,17). The Hall–Kier alpha value is -1.73. The minimum Gasteiger partial charge on any atom is -0.387 e. The van der Waals surface area contributed by atoms with Gasteiger partial charge in [-0.2, -0.15) is 11.3 Å². The maximum absolute atomic E-state index is 11.5. The molecule has 1 atom stereocenters. The summed E-state index contributed by atoms with van der Waals surface area (Å²) >= 11 is 1.52. The van der Waals surface area contributed by atoms with E-state index in [9.17, 15) is 9.90 Å². The fourth-order valence-corrected chi connectivity index (χ4v) is 2.16. The van der Waals surface area contributed by atoms with Gasteiger partial charge < -0.3 is 10.4 Å².